The number of benzene rings is 3. The van der Waals surface area contributed by atoms with Crippen LogP contribution < -0.4 is 0 Å². The quantitative estimate of drug-likeness (QED) is 0.496. The van der Waals surface area contributed by atoms with E-state index in [1.165, 1.54) is 0 Å². The summed E-state index contributed by atoms with van der Waals surface area (Å²) in [6.07, 6.45) is 3.58. The summed E-state index contributed by atoms with van der Waals surface area (Å²) in [6.45, 7) is 2.06. The minimum absolute atomic E-state index is 0.184. The molecule has 3 rings (SSSR count). The second kappa shape index (κ2) is 8.58. The smallest absolute Gasteiger partial charge is 0.124 e. The van der Waals surface area contributed by atoms with Gasteiger partial charge in [0.25, 0.3) is 0 Å². The molecule has 0 unspecified atom stereocenters. The Bertz CT molecular complexity index is 942. The molecule has 0 spiro atoms. The topological polar surface area (TPSA) is 45.0 Å². The van der Waals surface area contributed by atoms with Crippen LogP contribution in [0.2, 0.25) is 0 Å². The van der Waals surface area contributed by atoms with Crippen molar-refractivity contribution in [3.63, 3.8) is 0 Å². The minimum Gasteiger partial charge on any atom is -0.507 e. The Kier molecular flexibility index (Phi) is 5.73. The van der Waals surface area contributed by atoms with Gasteiger partial charge in [-0.2, -0.15) is 10.2 Å². The van der Waals surface area contributed by atoms with Crippen LogP contribution in [0.5, 0.6) is 5.75 Å². The molecule has 0 fully saturated rings. The molecule has 0 aliphatic heterocycles. The maximum absolute atomic E-state index is 9.84. The van der Waals surface area contributed by atoms with Crippen molar-refractivity contribution in [1.29, 1.82) is 0 Å². The third-order valence-corrected chi connectivity index (χ3v) is 3.95. The molecule has 0 radical (unpaired) electrons. The monoisotopic (exact) mass is 340 g/mol. The Labute approximate surface area is 153 Å². The second-order valence-electron chi connectivity index (χ2n) is 5.85. The number of rotatable bonds is 5. The molecular weight excluding hydrogens is 320 g/mol. The number of phenols is 1. The fraction of sp³-hybridized carbons (Fsp3) is 0.0435. The number of phenolic OH excluding ortho intramolecular Hbond substituents is 1. The number of para-hydroxylation sites is 1. The summed E-state index contributed by atoms with van der Waals surface area (Å²) >= 11 is 0. The lowest BCUT2D eigenvalue weighted by atomic mass is 10.0. The fourth-order valence-electron chi connectivity index (χ4n) is 2.52. The van der Waals surface area contributed by atoms with Crippen molar-refractivity contribution in [2.75, 3.05) is 0 Å². The van der Waals surface area contributed by atoms with Gasteiger partial charge in [0.1, 0.15) is 5.75 Å². The number of hydrogen-bond donors (Lipinski definition) is 1. The van der Waals surface area contributed by atoms with Crippen LogP contribution in [0.3, 0.4) is 0 Å². The van der Waals surface area contributed by atoms with Crippen LogP contribution in [-0.2, 0) is 0 Å². The maximum Gasteiger partial charge on any atom is 0.124 e. The molecule has 0 amide bonds. The zero-order valence-electron chi connectivity index (χ0n) is 14.6. The largest absolute Gasteiger partial charge is 0.507 e. The highest BCUT2D eigenvalue weighted by Crippen LogP contribution is 2.16. The number of nitrogens with zero attached hydrogens (tertiary/aromatic N) is 2. The van der Waals surface area contributed by atoms with Crippen LogP contribution in [-0.4, -0.2) is 17.0 Å². The third kappa shape index (κ3) is 4.54. The predicted octanol–water partition coefficient (Wildman–Crippen LogP) is 5.32. The molecule has 3 aromatic carbocycles. The van der Waals surface area contributed by atoms with Crippen LogP contribution in [0.1, 0.15) is 23.6 Å². The van der Waals surface area contributed by atoms with E-state index in [0.717, 1.165) is 22.4 Å². The van der Waals surface area contributed by atoms with Gasteiger partial charge in [0.15, 0.2) is 0 Å². The Morgan fingerprint density at radius 3 is 2.00 bits per heavy atom. The average Bonchev–Trinajstić information content (AvgIpc) is 2.70. The van der Waals surface area contributed by atoms with Gasteiger partial charge < -0.3 is 5.11 Å². The van der Waals surface area contributed by atoms with Gasteiger partial charge in [-0.3, -0.25) is 0 Å². The molecule has 0 heterocycles. The fourth-order valence-corrected chi connectivity index (χ4v) is 2.52. The first kappa shape index (κ1) is 17.4. The van der Waals surface area contributed by atoms with Gasteiger partial charge in [0, 0.05) is 11.1 Å². The predicted molar refractivity (Wildman–Crippen MR) is 109 cm³/mol. The summed E-state index contributed by atoms with van der Waals surface area (Å²) in [7, 11) is 0. The highest BCUT2D eigenvalue weighted by atomic mass is 16.3. The standard InChI is InChI=1S/C23H20N2O/c1-18(19-10-4-2-5-11-19)16-22(20-12-6-3-7-13-20)25-24-17-21-14-8-9-15-23(21)26/h2-17,26H,1H3/b18-16?,24-17+,25-22?. The third-order valence-electron chi connectivity index (χ3n) is 3.95. The molecule has 0 aromatic heterocycles. The second-order valence-corrected chi connectivity index (χ2v) is 5.85. The Hall–Kier alpha value is -3.46. The van der Waals surface area contributed by atoms with E-state index in [0.29, 0.717) is 5.56 Å². The summed E-state index contributed by atoms with van der Waals surface area (Å²) in [5.41, 5.74) is 4.62. The molecule has 128 valence electrons. The SMILES string of the molecule is CC(=CC(=N/N=C/c1ccccc1O)c1ccccc1)c1ccccc1. The van der Waals surface area contributed by atoms with E-state index in [1.54, 1.807) is 24.4 Å². The molecule has 0 bridgehead atoms. The molecule has 1 N–H and O–H groups in total. The van der Waals surface area contributed by atoms with Crippen LogP contribution in [0.25, 0.3) is 5.57 Å². The molecule has 0 aliphatic carbocycles. The molecule has 0 saturated carbocycles. The van der Waals surface area contributed by atoms with Gasteiger partial charge in [-0.25, -0.2) is 0 Å². The van der Waals surface area contributed by atoms with Gasteiger partial charge in [-0.1, -0.05) is 72.8 Å². The van der Waals surface area contributed by atoms with Crippen LogP contribution in [0.4, 0.5) is 0 Å². The normalized spacial score (nSPS) is 12.5. The first-order chi connectivity index (χ1) is 12.7. The van der Waals surface area contributed by atoms with Crippen molar-refractivity contribution in [1.82, 2.24) is 0 Å². The van der Waals surface area contributed by atoms with Crippen molar-refractivity contribution >= 4 is 17.5 Å². The van der Waals surface area contributed by atoms with E-state index >= 15 is 0 Å². The van der Waals surface area contributed by atoms with Gasteiger partial charge in [0.2, 0.25) is 0 Å². The van der Waals surface area contributed by atoms with E-state index in [4.69, 9.17) is 0 Å². The zero-order valence-corrected chi connectivity index (χ0v) is 14.6. The van der Waals surface area contributed by atoms with Crippen LogP contribution >= 0.6 is 0 Å². The lowest BCUT2D eigenvalue weighted by Crippen LogP contribution is -1.97. The van der Waals surface area contributed by atoms with Gasteiger partial charge in [0.05, 0.1) is 11.9 Å². The van der Waals surface area contributed by atoms with Gasteiger partial charge >= 0.3 is 0 Å². The molecule has 0 aliphatic rings. The number of hydrogen-bond acceptors (Lipinski definition) is 3. The van der Waals surface area contributed by atoms with E-state index < -0.39 is 0 Å². The molecule has 0 atom stereocenters. The number of aromatic hydroxyl groups is 1. The van der Waals surface area contributed by atoms with Crippen LogP contribution in [0, 0.1) is 0 Å². The maximum atomic E-state index is 9.84. The molecule has 3 heteroatoms. The zero-order chi connectivity index (χ0) is 18.2. The average molecular weight is 340 g/mol. The van der Waals surface area contributed by atoms with E-state index in [9.17, 15) is 5.11 Å². The van der Waals surface area contributed by atoms with Crippen molar-refractivity contribution in [2.24, 2.45) is 10.2 Å². The van der Waals surface area contributed by atoms with Gasteiger partial charge in [-0.15, -0.1) is 0 Å². The highest BCUT2D eigenvalue weighted by Gasteiger charge is 2.03. The Balaban J connectivity index is 1.95. The minimum atomic E-state index is 0.184. The van der Waals surface area contributed by atoms with Crippen LogP contribution in [0.15, 0.2) is 101 Å². The summed E-state index contributed by atoms with van der Waals surface area (Å²) in [5, 5.41) is 18.4. The summed E-state index contributed by atoms with van der Waals surface area (Å²) in [5.74, 6) is 0.184. The first-order valence-electron chi connectivity index (χ1n) is 8.42. The van der Waals surface area contributed by atoms with Crippen molar-refractivity contribution in [2.45, 2.75) is 6.92 Å². The Morgan fingerprint density at radius 1 is 0.769 bits per heavy atom. The Morgan fingerprint density at radius 2 is 1.35 bits per heavy atom. The summed E-state index contributed by atoms with van der Waals surface area (Å²) in [6, 6.07) is 27.1. The first-order valence-corrected chi connectivity index (χ1v) is 8.42. The van der Waals surface area contributed by atoms with Gasteiger partial charge in [-0.05, 0) is 36.3 Å². The van der Waals surface area contributed by atoms with Crippen molar-refractivity contribution in [3.05, 3.63) is 108 Å². The molecule has 3 aromatic rings. The van der Waals surface area contributed by atoms with E-state index in [2.05, 4.69) is 29.3 Å². The molecular formula is C23H20N2O. The molecule has 3 nitrogen and oxygen atoms in total. The van der Waals surface area contributed by atoms with E-state index in [-0.39, 0.29) is 5.75 Å². The summed E-state index contributed by atoms with van der Waals surface area (Å²) in [4.78, 5) is 0. The molecule has 0 saturated heterocycles. The van der Waals surface area contributed by atoms with Crippen molar-refractivity contribution < 1.29 is 5.11 Å². The molecule has 26 heavy (non-hydrogen) atoms. The van der Waals surface area contributed by atoms with Crippen molar-refractivity contribution in [3.8, 4) is 5.75 Å². The number of allylic oxidation sites excluding steroid dienone is 2. The lowest BCUT2D eigenvalue weighted by molar-refractivity contribution is 0.474. The van der Waals surface area contributed by atoms with E-state index in [1.807, 2.05) is 60.7 Å². The highest BCUT2D eigenvalue weighted by molar-refractivity contribution is 6.12. The lowest BCUT2D eigenvalue weighted by Gasteiger charge is -2.04. The summed E-state index contributed by atoms with van der Waals surface area (Å²) < 4.78 is 0.